The highest BCUT2D eigenvalue weighted by Crippen LogP contribution is 2.38. The highest BCUT2D eigenvalue weighted by Gasteiger charge is 2.55. The third-order valence-electron chi connectivity index (χ3n) is 3.00. The summed E-state index contributed by atoms with van der Waals surface area (Å²) in [5, 5.41) is -4.30. The fraction of sp³-hybridized carbons (Fsp3) is 0.778. The van der Waals surface area contributed by atoms with Crippen LogP contribution in [0.25, 0.3) is 0 Å². The molecule has 6 nitrogen and oxygen atoms in total. The van der Waals surface area contributed by atoms with Crippen LogP contribution in [0.1, 0.15) is 27.7 Å². The van der Waals surface area contributed by atoms with Gasteiger partial charge in [-0.2, -0.15) is 17.2 Å². The minimum atomic E-state index is -5.37. The first-order chi connectivity index (χ1) is 7.82. The van der Waals surface area contributed by atoms with Crippen molar-refractivity contribution in [1.82, 2.24) is 5.06 Å². The van der Waals surface area contributed by atoms with Crippen LogP contribution in [0, 0.1) is 11.3 Å². The molecule has 1 fully saturated rings. The highest BCUT2D eigenvalue weighted by atomic mass is 32.2. The Morgan fingerprint density at radius 3 is 2.06 bits per heavy atom. The second kappa shape index (κ2) is 3.95. The van der Waals surface area contributed by atoms with Gasteiger partial charge in [0.15, 0.2) is 0 Å². The third-order valence-corrected chi connectivity index (χ3v) is 4.22. The van der Waals surface area contributed by atoms with E-state index in [0.29, 0.717) is 0 Å². The molecule has 9 heteroatoms. The van der Waals surface area contributed by atoms with E-state index in [0.717, 1.165) is 0 Å². The number of nitrogens with zero attached hydrogens (tertiary/aromatic N) is 1. The topological polar surface area (TPSA) is 80.8 Å². The van der Waals surface area contributed by atoms with Gasteiger partial charge >= 0.3 is 15.4 Å². The molecule has 0 N–H and O–H groups in total. The van der Waals surface area contributed by atoms with E-state index in [1.54, 1.807) is 0 Å². The van der Waals surface area contributed by atoms with E-state index in [-0.39, 0.29) is 12.0 Å². The van der Waals surface area contributed by atoms with Gasteiger partial charge in [-0.1, -0.05) is 20.8 Å². The lowest BCUT2D eigenvalue weighted by atomic mass is 9.82. The monoisotopic (exact) mass is 285 g/mol. The molecule has 0 bridgehead atoms. The zero-order valence-corrected chi connectivity index (χ0v) is 11.0. The highest BCUT2D eigenvalue weighted by molar-refractivity contribution is 7.87. The Morgan fingerprint density at radius 1 is 1.33 bits per heavy atom. The maximum atomic E-state index is 12.7. The Hall–Kier alpha value is -1.09. The number of carbonyl (C=O) groups excluding carboxylic acids is 2. The molecule has 1 atom stereocenters. The van der Waals surface area contributed by atoms with Crippen LogP contribution in [0.2, 0.25) is 0 Å². The fourth-order valence-electron chi connectivity index (χ4n) is 1.27. The molecule has 0 aliphatic carbocycles. The molecule has 2 amide bonds. The first-order valence-corrected chi connectivity index (χ1v) is 6.43. The van der Waals surface area contributed by atoms with Crippen LogP contribution in [0.3, 0.4) is 0 Å². The Bertz CT molecular complexity index is 494. The molecule has 0 aromatic carbocycles. The van der Waals surface area contributed by atoms with Crippen LogP contribution >= 0.6 is 0 Å². The SMILES string of the molecule is CC1C(=O)N(OS(=O)(=O)C(C)(F)F)C(=O)C1(C)C. The van der Waals surface area contributed by atoms with Crippen molar-refractivity contribution in [3.8, 4) is 0 Å². The Balaban J connectivity index is 3.09. The van der Waals surface area contributed by atoms with E-state index in [2.05, 4.69) is 4.28 Å². The van der Waals surface area contributed by atoms with E-state index in [1.165, 1.54) is 20.8 Å². The van der Waals surface area contributed by atoms with Crippen molar-refractivity contribution in [2.45, 2.75) is 32.9 Å². The summed E-state index contributed by atoms with van der Waals surface area (Å²) in [7, 11) is -5.37. The van der Waals surface area contributed by atoms with Gasteiger partial charge in [-0.25, -0.2) is 0 Å². The van der Waals surface area contributed by atoms with Gasteiger partial charge in [-0.05, 0) is 0 Å². The summed E-state index contributed by atoms with van der Waals surface area (Å²) >= 11 is 0. The van der Waals surface area contributed by atoms with Gasteiger partial charge in [0.25, 0.3) is 11.8 Å². The number of hydroxylamine groups is 2. The average Bonchev–Trinajstić information content (AvgIpc) is 2.32. The molecule has 1 aliphatic rings. The third kappa shape index (κ3) is 2.12. The summed E-state index contributed by atoms with van der Waals surface area (Å²) < 4.78 is 51.6. The lowest BCUT2D eigenvalue weighted by molar-refractivity contribution is -0.167. The molecule has 1 heterocycles. The van der Waals surface area contributed by atoms with Crippen LogP contribution in [0.15, 0.2) is 0 Å². The number of hydrogen-bond donors (Lipinski definition) is 0. The normalized spacial score (nSPS) is 24.8. The zero-order valence-electron chi connectivity index (χ0n) is 10.2. The summed E-state index contributed by atoms with van der Waals surface area (Å²) in [6, 6.07) is 0. The Labute approximate surface area is 103 Å². The van der Waals surface area contributed by atoms with Gasteiger partial charge in [0.05, 0.1) is 11.3 Å². The molecule has 0 saturated carbocycles. The van der Waals surface area contributed by atoms with Crippen molar-refractivity contribution in [3.63, 3.8) is 0 Å². The standard InChI is InChI=1S/C9H13F2NO5S/c1-5-6(13)12(7(14)8(5,2)3)17-18(15,16)9(4,10)11/h5H,1-4H3. The second-order valence-electron chi connectivity index (χ2n) is 4.72. The molecular weight excluding hydrogens is 272 g/mol. The van der Waals surface area contributed by atoms with Crippen molar-refractivity contribution in [2.75, 3.05) is 0 Å². The first kappa shape index (κ1) is 15.0. The van der Waals surface area contributed by atoms with Gasteiger partial charge in [0.2, 0.25) is 0 Å². The van der Waals surface area contributed by atoms with Crippen LogP contribution < -0.4 is 0 Å². The van der Waals surface area contributed by atoms with E-state index < -0.39 is 38.5 Å². The second-order valence-corrected chi connectivity index (χ2v) is 6.49. The summed E-state index contributed by atoms with van der Waals surface area (Å²) in [5.74, 6) is -2.78. The molecule has 1 unspecified atom stereocenters. The average molecular weight is 285 g/mol. The summed E-state index contributed by atoms with van der Waals surface area (Å²) in [5.41, 5.74) is -1.20. The molecule has 0 radical (unpaired) electrons. The molecule has 1 rings (SSSR count). The first-order valence-electron chi connectivity index (χ1n) is 5.02. The summed E-state index contributed by atoms with van der Waals surface area (Å²) in [4.78, 5) is 23.3. The van der Waals surface area contributed by atoms with E-state index in [4.69, 9.17) is 0 Å². The van der Waals surface area contributed by atoms with Crippen LogP contribution in [0.4, 0.5) is 8.78 Å². The van der Waals surface area contributed by atoms with E-state index in [9.17, 15) is 26.8 Å². The van der Waals surface area contributed by atoms with Crippen molar-refractivity contribution < 1.29 is 31.1 Å². The molecule has 104 valence electrons. The van der Waals surface area contributed by atoms with Crippen molar-refractivity contribution in [2.24, 2.45) is 11.3 Å². The fourth-order valence-corrected chi connectivity index (χ4v) is 1.73. The van der Waals surface area contributed by atoms with Gasteiger partial charge in [-0.3, -0.25) is 9.59 Å². The minimum absolute atomic E-state index is 0.0991. The number of alkyl halides is 2. The number of amides is 2. The smallest absolute Gasteiger partial charge is 0.272 e. The predicted molar refractivity (Wildman–Crippen MR) is 55.4 cm³/mol. The van der Waals surface area contributed by atoms with Crippen LogP contribution in [-0.4, -0.2) is 30.5 Å². The maximum absolute atomic E-state index is 12.7. The predicted octanol–water partition coefficient (Wildman–Crippen LogP) is 0.892. The molecule has 1 aliphatic heterocycles. The Morgan fingerprint density at radius 2 is 1.78 bits per heavy atom. The van der Waals surface area contributed by atoms with Gasteiger partial charge < -0.3 is 0 Å². The maximum Gasteiger partial charge on any atom is 0.369 e. The van der Waals surface area contributed by atoms with Gasteiger partial charge in [-0.15, -0.1) is 9.35 Å². The molecule has 0 aromatic heterocycles. The number of imide groups is 1. The number of halogens is 2. The van der Waals surface area contributed by atoms with Crippen LogP contribution in [-0.2, 0) is 24.0 Å². The largest absolute Gasteiger partial charge is 0.369 e. The number of rotatable bonds is 3. The van der Waals surface area contributed by atoms with Gasteiger partial charge in [0.1, 0.15) is 0 Å². The van der Waals surface area contributed by atoms with Crippen molar-refractivity contribution >= 4 is 21.9 Å². The van der Waals surface area contributed by atoms with E-state index in [1.807, 2.05) is 0 Å². The lowest BCUT2D eigenvalue weighted by Crippen LogP contribution is -2.39. The molecular formula is C9H13F2NO5S. The molecule has 18 heavy (non-hydrogen) atoms. The van der Waals surface area contributed by atoms with Gasteiger partial charge in [0, 0.05) is 6.92 Å². The van der Waals surface area contributed by atoms with E-state index >= 15 is 0 Å². The molecule has 0 aromatic rings. The number of carbonyl (C=O) groups is 2. The minimum Gasteiger partial charge on any atom is -0.272 e. The summed E-state index contributed by atoms with van der Waals surface area (Å²) in [6.45, 7) is 4.29. The zero-order chi connectivity index (χ0) is 14.5. The Kier molecular flexibility index (Phi) is 3.29. The lowest BCUT2D eigenvalue weighted by Gasteiger charge is -2.19. The number of hydrogen-bond acceptors (Lipinski definition) is 5. The quantitative estimate of drug-likeness (QED) is 0.719. The van der Waals surface area contributed by atoms with Crippen molar-refractivity contribution in [1.29, 1.82) is 0 Å². The molecule has 1 saturated heterocycles. The molecule has 0 spiro atoms. The van der Waals surface area contributed by atoms with Crippen molar-refractivity contribution in [3.05, 3.63) is 0 Å². The summed E-state index contributed by atoms with van der Waals surface area (Å²) in [6.07, 6.45) is 0. The van der Waals surface area contributed by atoms with Crippen LogP contribution in [0.5, 0.6) is 0 Å².